The Hall–Kier alpha value is -0.163. The summed E-state index contributed by atoms with van der Waals surface area (Å²) in [6.45, 7) is 21.6. The maximum Gasteiger partial charge on any atom is 0.192 e. The molecule has 0 unspecified atom stereocenters. The van der Waals surface area contributed by atoms with Crippen molar-refractivity contribution in [2.75, 3.05) is 13.9 Å². The second-order valence-electron chi connectivity index (χ2n) is 12.3. The number of allylic oxidation sites excluding steroid dienone is 2. The molecule has 0 aromatic rings. The van der Waals surface area contributed by atoms with E-state index in [1.807, 2.05) is 0 Å². The molecule has 0 bridgehead atoms. The van der Waals surface area contributed by atoms with Crippen molar-refractivity contribution < 1.29 is 13.9 Å². The van der Waals surface area contributed by atoms with Crippen molar-refractivity contribution in [3.63, 3.8) is 0 Å². The summed E-state index contributed by atoms with van der Waals surface area (Å²) >= 11 is 0. The summed E-state index contributed by atoms with van der Waals surface area (Å²) < 4.78 is 17.9. The number of hydrogen-bond donors (Lipinski definition) is 0. The van der Waals surface area contributed by atoms with Crippen molar-refractivity contribution in [3.8, 4) is 0 Å². The summed E-state index contributed by atoms with van der Waals surface area (Å²) in [6.07, 6.45) is 11.6. The van der Waals surface area contributed by atoms with Crippen LogP contribution in [0.15, 0.2) is 11.6 Å². The predicted molar refractivity (Wildman–Crippen MR) is 130 cm³/mol. The van der Waals surface area contributed by atoms with Gasteiger partial charge in [-0.1, -0.05) is 59.1 Å². The van der Waals surface area contributed by atoms with E-state index in [-0.39, 0.29) is 10.6 Å². The van der Waals surface area contributed by atoms with Crippen LogP contribution in [0, 0.1) is 17.3 Å². The molecule has 0 aromatic carbocycles. The van der Waals surface area contributed by atoms with Crippen LogP contribution >= 0.6 is 0 Å². The highest BCUT2D eigenvalue weighted by molar-refractivity contribution is 6.74. The van der Waals surface area contributed by atoms with Crippen LogP contribution in [0.1, 0.15) is 93.4 Å². The molecule has 0 heterocycles. The molecular formula is C26H50O3Si. The van der Waals surface area contributed by atoms with E-state index >= 15 is 0 Å². The third-order valence-corrected chi connectivity index (χ3v) is 13.0. The molecule has 0 aliphatic heterocycles. The Morgan fingerprint density at radius 3 is 2.47 bits per heavy atom. The zero-order valence-corrected chi connectivity index (χ0v) is 22.7. The van der Waals surface area contributed by atoms with Gasteiger partial charge in [-0.3, -0.25) is 0 Å². The Balaban J connectivity index is 1.99. The molecule has 0 aromatic heterocycles. The lowest BCUT2D eigenvalue weighted by atomic mass is 9.63. The molecule has 2 aliphatic rings. The van der Waals surface area contributed by atoms with Crippen molar-refractivity contribution in [2.45, 2.75) is 123 Å². The minimum absolute atomic E-state index is 0.112. The molecule has 0 radical (unpaired) electrons. The second kappa shape index (κ2) is 9.76. The van der Waals surface area contributed by atoms with Gasteiger partial charge in [0.15, 0.2) is 8.32 Å². The van der Waals surface area contributed by atoms with E-state index in [0.717, 1.165) is 6.42 Å². The molecule has 176 valence electrons. The van der Waals surface area contributed by atoms with E-state index in [4.69, 9.17) is 13.9 Å². The summed E-state index contributed by atoms with van der Waals surface area (Å²) in [5, 5.41) is 0.278. The lowest BCUT2D eigenvalue weighted by Crippen LogP contribution is -2.49. The van der Waals surface area contributed by atoms with Crippen LogP contribution in [-0.2, 0) is 13.9 Å². The Bertz CT molecular complexity index is 590. The van der Waals surface area contributed by atoms with Crippen molar-refractivity contribution in [1.29, 1.82) is 0 Å². The Morgan fingerprint density at radius 1 is 1.20 bits per heavy atom. The van der Waals surface area contributed by atoms with E-state index < -0.39 is 8.32 Å². The van der Waals surface area contributed by atoms with Crippen LogP contribution in [0.5, 0.6) is 0 Å². The van der Waals surface area contributed by atoms with Gasteiger partial charge in [0.1, 0.15) is 6.79 Å². The van der Waals surface area contributed by atoms with Gasteiger partial charge in [-0.05, 0) is 81.3 Å². The summed E-state index contributed by atoms with van der Waals surface area (Å²) in [5.41, 5.74) is 1.93. The highest BCUT2D eigenvalue weighted by atomic mass is 28.4. The fraction of sp³-hybridized carbons (Fsp3) is 0.923. The van der Waals surface area contributed by atoms with Gasteiger partial charge in [-0.25, -0.2) is 0 Å². The summed E-state index contributed by atoms with van der Waals surface area (Å²) in [7, 11) is -0.0462. The zero-order valence-electron chi connectivity index (χ0n) is 21.7. The van der Waals surface area contributed by atoms with E-state index in [0.29, 0.717) is 30.1 Å². The minimum Gasteiger partial charge on any atom is -0.414 e. The van der Waals surface area contributed by atoms with Crippen molar-refractivity contribution in [2.24, 2.45) is 17.3 Å². The quantitative estimate of drug-likeness (QED) is 0.198. The second-order valence-corrected chi connectivity index (χ2v) is 17.1. The molecule has 0 saturated heterocycles. The monoisotopic (exact) mass is 438 g/mol. The SMILES string of the molecule is COCOC(C)(C)CCC[C@H](C)C1=CC[C@H]2[C@@H](O[Si](C)(C)C(C)(C)C)CCC[C@]12C. The average Bonchev–Trinajstić information content (AvgIpc) is 2.96. The highest BCUT2D eigenvalue weighted by Crippen LogP contribution is 2.56. The molecule has 2 rings (SSSR count). The zero-order chi connectivity index (χ0) is 22.8. The highest BCUT2D eigenvalue weighted by Gasteiger charge is 2.51. The van der Waals surface area contributed by atoms with Gasteiger partial charge < -0.3 is 13.9 Å². The smallest absolute Gasteiger partial charge is 0.192 e. The van der Waals surface area contributed by atoms with E-state index in [1.54, 1.807) is 12.7 Å². The molecule has 3 nitrogen and oxygen atoms in total. The molecule has 0 amide bonds. The number of methoxy groups -OCH3 is 1. The van der Waals surface area contributed by atoms with Gasteiger partial charge in [0.25, 0.3) is 0 Å². The van der Waals surface area contributed by atoms with Crippen LogP contribution in [0.3, 0.4) is 0 Å². The average molecular weight is 439 g/mol. The first kappa shape index (κ1) is 26.1. The van der Waals surface area contributed by atoms with E-state index in [1.165, 1.54) is 38.5 Å². The fourth-order valence-corrected chi connectivity index (χ4v) is 6.86. The summed E-state index contributed by atoms with van der Waals surface area (Å²) in [6, 6.07) is 0. The Kier molecular flexibility index (Phi) is 8.49. The van der Waals surface area contributed by atoms with Crippen LogP contribution in [0.25, 0.3) is 0 Å². The van der Waals surface area contributed by atoms with Crippen molar-refractivity contribution >= 4 is 8.32 Å². The third-order valence-electron chi connectivity index (χ3n) is 8.47. The summed E-state index contributed by atoms with van der Waals surface area (Å²) in [4.78, 5) is 0. The minimum atomic E-state index is -1.73. The maximum absolute atomic E-state index is 6.99. The number of rotatable bonds is 10. The molecule has 0 N–H and O–H groups in total. The molecule has 1 fully saturated rings. The lowest BCUT2D eigenvalue weighted by molar-refractivity contribution is -0.117. The Morgan fingerprint density at radius 2 is 1.87 bits per heavy atom. The van der Waals surface area contributed by atoms with Crippen LogP contribution in [0.4, 0.5) is 0 Å². The lowest BCUT2D eigenvalue weighted by Gasteiger charge is -2.49. The van der Waals surface area contributed by atoms with Crippen LogP contribution in [0.2, 0.25) is 18.1 Å². The van der Waals surface area contributed by atoms with Crippen LogP contribution < -0.4 is 0 Å². The first-order chi connectivity index (χ1) is 13.7. The standard InChI is InChI=1S/C26H50O3Si/c1-20(13-11-17-25(5,6)28-19-27-8)21-15-16-22-23(14-12-18-26(21,22)7)29-30(9,10)24(2,3)4/h15,20,22-23H,11-14,16-19H2,1-10H3/t20-,22-,23-,26+/m0/s1. The molecule has 30 heavy (non-hydrogen) atoms. The first-order valence-corrected chi connectivity index (χ1v) is 15.2. The number of hydrogen-bond acceptors (Lipinski definition) is 3. The number of ether oxygens (including phenoxy) is 2. The van der Waals surface area contributed by atoms with E-state index in [2.05, 4.69) is 67.6 Å². The van der Waals surface area contributed by atoms with Gasteiger partial charge in [0.2, 0.25) is 0 Å². The summed E-state index contributed by atoms with van der Waals surface area (Å²) in [5.74, 6) is 1.31. The van der Waals surface area contributed by atoms with Crippen LogP contribution in [-0.4, -0.2) is 33.9 Å². The Labute approximate surface area is 188 Å². The normalized spacial score (nSPS) is 28.9. The molecule has 1 saturated carbocycles. The van der Waals surface area contributed by atoms with Gasteiger partial charge in [-0.2, -0.15) is 0 Å². The van der Waals surface area contributed by atoms with Crippen molar-refractivity contribution in [1.82, 2.24) is 0 Å². The fourth-order valence-electron chi connectivity index (χ4n) is 5.47. The van der Waals surface area contributed by atoms with Gasteiger partial charge >= 0.3 is 0 Å². The maximum atomic E-state index is 6.99. The topological polar surface area (TPSA) is 27.7 Å². The molecule has 0 spiro atoms. The molecule has 2 aliphatic carbocycles. The first-order valence-electron chi connectivity index (χ1n) is 12.2. The van der Waals surface area contributed by atoms with Gasteiger partial charge in [0.05, 0.1) is 5.60 Å². The number of fused-ring (bicyclic) bond motifs is 1. The molecular weight excluding hydrogens is 388 g/mol. The third kappa shape index (κ3) is 5.99. The largest absolute Gasteiger partial charge is 0.414 e. The van der Waals surface area contributed by atoms with Gasteiger partial charge in [0, 0.05) is 13.2 Å². The molecule has 4 atom stereocenters. The van der Waals surface area contributed by atoms with E-state index in [9.17, 15) is 0 Å². The van der Waals surface area contributed by atoms with Crippen molar-refractivity contribution in [3.05, 3.63) is 11.6 Å². The molecule has 4 heteroatoms. The van der Waals surface area contributed by atoms with Gasteiger partial charge in [-0.15, -0.1) is 0 Å². The predicted octanol–water partition coefficient (Wildman–Crippen LogP) is 7.72.